The highest BCUT2D eigenvalue weighted by Crippen LogP contribution is 1.81. The highest BCUT2D eigenvalue weighted by Gasteiger charge is 1.97. The number of ether oxygens (including phenoxy) is 2. The normalized spacial score (nSPS) is 8.55. The highest BCUT2D eigenvalue weighted by atomic mass is 35.5. The van der Waals surface area contributed by atoms with Gasteiger partial charge in [0.15, 0.2) is 0 Å². The minimum absolute atomic E-state index is 0. The van der Waals surface area contributed by atoms with Crippen molar-refractivity contribution in [2.24, 2.45) is 5.73 Å². The maximum absolute atomic E-state index is 10.4. The number of rotatable bonds is 5. The number of methoxy groups -OCH3 is 1. The summed E-state index contributed by atoms with van der Waals surface area (Å²) in [5.41, 5.74) is 5.18. The zero-order valence-corrected chi connectivity index (χ0v) is 7.36. The molecule has 0 saturated heterocycles. The van der Waals surface area contributed by atoms with Crippen LogP contribution in [0.15, 0.2) is 0 Å². The molecule has 0 aliphatic carbocycles. The van der Waals surface area contributed by atoms with Crippen molar-refractivity contribution in [3.63, 3.8) is 0 Å². The first-order valence-electron chi connectivity index (χ1n) is 3.16. The van der Waals surface area contributed by atoms with Gasteiger partial charge in [-0.3, -0.25) is 0 Å². The smallest absolute Gasteiger partial charge is 0.331 e. The van der Waals surface area contributed by atoms with E-state index >= 15 is 0 Å². The van der Waals surface area contributed by atoms with E-state index < -0.39 is 0 Å². The summed E-state index contributed by atoms with van der Waals surface area (Å²) < 4.78 is 9.21. The van der Waals surface area contributed by atoms with Crippen LogP contribution in [0.4, 0.5) is 0 Å². The molecule has 0 heterocycles. The Morgan fingerprint density at radius 1 is 1.55 bits per heavy atom. The van der Waals surface area contributed by atoms with Crippen molar-refractivity contribution < 1.29 is 14.3 Å². The SMILES string of the molecule is COC(=O)COCCCN.Cl. The quantitative estimate of drug-likeness (QED) is 0.480. The molecule has 11 heavy (non-hydrogen) atoms. The predicted molar refractivity (Wildman–Crippen MR) is 43.8 cm³/mol. The summed E-state index contributed by atoms with van der Waals surface area (Å²) in [7, 11) is 1.33. The average Bonchev–Trinajstić information content (AvgIpc) is 1.98. The van der Waals surface area contributed by atoms with Gasteiger partial charge in [-0.25, -0.2) is 4.79 Å². The van der Waals surface area contributed by atoms with Crippen LogP contribution in [0.3, 0.4) is 0 Å². The number of carbonyl (C=O) groups excluding carboxylic acids is 1. The zero-order valence-electron chi connectivity index (χ0n) is 6.54. The molecule has 0 aromatic rings. The molecule has 0 atom stereocenters. The van der Waals surface area contributed by atoms with Gasteiger partial charge >= 0.3 is 5.97 Å². The van der Waals surface area contributed by atoms with Crippen molar-refractivity contribution in [1.29, 1.82) is 0 Å². The lowest BCUT2D eigenvalue weighted by atomic mass is 10.5. The van der Waals surface area contributed by atoms with Crippen LogP contribution in [0.2, 0.25) is 0 Å². The van der Waals surface area contributed by atoms with Crippen LogP contribution in [0.5, 0.6) is 0 Å². The summed E-state index contributed by atoms with van der Waals surface area (Å²) in [6.07, 6.45) is 0.775. The van der Waals surface area contributed by atoms with Gasteiger partial charge in [0, 0.05) is 6.61 Å². The fraction of sp³-hybridized carbons (Fsp3) is 0.833. The Balaban J connectivity index is 0. The van der Waals surface area contributed by atoms with Gasteiger partial charge in [-0.1, -0.05) is 0 Å². The molecule has 0 amide bonds. The maximum atomic E-state index is 10.4. The van der Waals surface area contributed by atoms with Crippen LogP contribution >= 0.6 is 12.4 Å². The molecule has 0 aliphatic heterocycles. The second kappa shape index (κ2) is 9.68. The second-order valence-electron chi connectivity index (χ2n) is 1.77. The molecule has 0 rings (SSSR count). The Labute approximate surface area is 72.4 Å². The molecular formula is C6H14ClNO3. The fourth-order valence-corrected chi connectivity index (χ4v) is 0.400. The molecule has 0 bridgehead atoms. The van der Waals surface area contributed by atoms with Gasteiger partial charge in [0.1, 0.15) is 6.61 Å². The van der Waals surface area contributed by atoms with Gasteiger partial charge in [0.05, 0.1) is 7.11 Å². The Morgan fingerprint density at radius 2 is 2.18 bits per heavy atom. The van der Waals surface area contributed by atoms with Gasteiger partial charge in [-0.2, -0.15) is 0 Å². The van der Waals surface area contributed by atoms with Crippen molar-refractivity contribution in [2.75, 3.05) is 26.9 Å². The van der Waals surface area contributed by atoms with E-state index in [0.717, 1.165) is 6.42 Å². The third-order valence-corrected chi connectivity index (χ3v) is 0.940. The maximum Gasteiger partial charge on any atom is 0.331 e. The fourth-order valence-electron chi connectivity index (χ4n) is 0.400. The molecule has 0 radical (unpaired) electrons. The topological polar surface area (TPSA) is 61.5 Å². The third kappa shape index (κ3) is 9.68. The van der Waals surface area contributed by atoms with E-state index in [1.54, 1.807) is 0 Å². The summed E-state index contributed by atoms with van der Waals surface area (Å²) in [5, 5.41) is 0. The molecule has 0 aromatic heterocycles. The largest absolute Gasteiger partial charge is 0.467 e. The summed E-state index contributed by atoms with van der Waals surface area (Å²) in [4.78, 5) is 10.4. The van der Waals surface area contributed by atoms with E-state index in [2.05, 4.69) is 4.74 Å². The molecule has 0 spiro atoms. The van der Waals surface area contributed by atoms with Crippen LogP contribution in [-0.2, 0) is 14.3 Å². The first kappa shape index (κ1) is 13.3. The summed E-state index contributed by atoms with van der Waals surface area (Å²) >= 11 is 0. The van der Waals surface area contributed by atoms with Crippen molar-refractivity contribution in [3.8, 4) is 0 Å². The molecule has 0 saturated carbocycles. The van der Waals surface area contributed by atoms with E-state index in [4.69, 9.17) is 10.5 Å². The molecule has 0 unspecified atom stereocenters. The Hall–Kier alpha value is -0.320. The van der Waals surface area contributed by atoms with Crippen molar-refractivity contribution in [2.45, 2.75) is 6.42 Å². The first-order valence-corrected chi connectivity index (χ1v) is 3.16. The molecule has 4 nitrogen and oxygen atoms in total. The van der Waals surface area contributed by atoms with E-state index in [-0.39, 0.29) is 25.0 Å². The summed E-state index contributed by atoms with van der Waals surface area (Å²) in [5.74, 6) is -0.350. The highest BCUT2D eigenvalue weighted by molar-refractivity contribution is 5.85. The van der Waals surface area contributed by atoms with Gasteiger partial charge < -0.3 is 15.2 Å². The summed E-state index contributed by atoms with van der Waals surface area (Å²) in [6, 6.07) is 0. The molecule has 5 heteroatoms. The van der Waals surface area contributed by atoms with Crippen LogP contribution in [0.25, 0.3) is 0 Å². The molecule has 0 aromatic carbocycles. The van der Waals surface area contributed by atoms with Crippen LogP contribution in [-0.4, -0.2) is 32.8 Å². The first-order chi connectivity index (χ1) is 4.81. The van der Waals surface area contributed by atoms with Crippen LogP contribution in [0.1, 0.15) is 6.42 Å². The Morgan fingerprint density at radius 3 is 2.64 bits per heavy atom. The lowest BCUT2D eigenvalue weighted by Gasteiger charge is -1.99. The molecule has 0 aliphatic rings. The van der Waals surface area contributed by atoms with Crippen molar-refractivity contribution in [1.82, 2.24) is 0 Å². The zero-order chi connectivity index (χ0) is 7.82. The lowest BCUT2D eigenvalue weighted by Crippen LogP contribution is -2.12. The minimum atomic E-state index is -0.350. The molecule has 0 fully saturated rings. The molecule has 2 N–H and O–H groups in total. The van der Waals surface area contributed by atoms with Gasteiger partial charge in [0.2, 0.25) is 0 Å². The molecular weight excluding hydrogens is 170 g/mol. The predicted octanol–water partition coefficient (Wildman–Crippen LogP) is -0.0534. The summed E-state index contributed by atoms with van der Waals surface area (Å²) in [6.45, 7) is 1.13. The third-order valence-electron chi connectivity index (χ3n) is 0.940. The van der Waals surface area contributed by atoms with E-state index in [9.17, 15) is 4.79 Å². The molecule has 68 valence electrons. The number of hydrogen-bond donors (Lipinski definition) is 1. The van der Waals surface area contributed by atoms with Gasteiger partial charge in [-0.05, 0) is 13.0 Å². The number of halogens is 1. The minimum Gasteiger partial charge on any atom is -0.467 e. The van der Waals surface area contributed by atoms with Crippen molar-refractivity contribution in [3.05, 3.63) is 0 Å². The second-order valence-corrected chi connectivity index (χ2v) is 1.77. The standard InChI is InChI=1S/C6H13NO3.ClH/c1-9-6(8)5-10-4-2-3-7;/h2-5,7H2,1H3;1H. The van der Waals surface area contributed by atoms with Crippen molar-refractivity contribution >= 4 is 18.4 Å². The monoisotopic (exact) mass is 183 g/mol. The Bertz CT molecular complexity index is 99.8. The van der Waals surface area contributed by atoms with E-state index in [1.807, 2.05) is 0 Å². The van der Waals surface area contributed by atoms with E-state index in [0.29, 0.717) is 13.2 Å². The number of hydrogen-bond acceptors (Lipinski definition) is 4. The van der Waals surface area contributed by atoms with E-state index in [1.165, 1.54) is 7.11 Å². The Kier molecular flexibility index (Phi) is 11.7. The van der Waals surface area contributed by atoms with Crippen LogP contribution in [0, 0.1) is 0 Å². The number of nitrogens with two attached hydrogens (primary N) is 1. The number of esters is 1. The average molecular weight is 184 g/mol. The van der Waals surface area contributed by atoms with Gasteiger partial charge in [0.25, 0.3) is 0 Å². The van der Waals surface area contributed by atoms with Crippen LogP contribution < -0.4 is 5.73 Å². The van der Waals surface area contributed by atoms with Gasteiger partial charge in [-0.15, -0.1) is 12.4 Å². The lowest BCUT2D eigenvalue weighted by molar-refractivity contribution is -0.145. The number of carbonyl (C=O) groups is 1.